The molecule has 1 atom stereocenters. The Morgan fingerprint density at radius 2 is 1.81 bits per heavy atom. The quantitative estimate of drug-likeness (QED) is 0.435. The molecule has 3 rings (SSSR count). The second kappa shape index (κ2) is 7.26. The molecule has 9 heteroatoms. The van der Waals surface area contributed by atoms with E-state index in [9.17, 15) is 13.2 Å². The van der Waals surface area contributed by atoms with Crippen LogP contribution in [0.2, 0.25) is 10.0 Å². The van der Waals surface area contributed by atoms with Gasteiger partial charge in [0.1, 0.15) is 0 Å². The summed E-state index contributed by atoms with van der Waals surface area (Å²) in [5.41, 5.74) is -2.05. The first-order valence-corrected chi connectivity index (χ1v) is 10.1. The average molecular weight is 485 g/mol. The highest BCUT2D eigenvalue weighted by Crippen LogP contribution is 2.49. The minimum atomic E-state index is -4.71. The Morgan fingerprint density at radius 1 is 1.15 bits per heavy atom. The lowest BCUT2D eigenvalue weighted by Gasteiger charge is -2.29. The molecule has 0 spiro atoms. The Balaban J connectivity index is 2.02. The molecule has 1 unspecified atom stereocenters. The lowest BCUT2D eigenvalue weighted by molar-refractivity contribution is -0.275. The van der Waals surface area contributed by atoms with E-state index in [1.165, 1.54) is 30.0 Å². The summed E-state index contributed by atoms with van der Waals surface area (Å²) in [6.45, 7) is 0. The Morgan fingerprint density at radius 3 is 2.35 bits per heavy atom. The Kier molecular flexibility index (Phi) is 5.55. The van der Waals surface area contributed by atoms with Crippen LogP contribution in [-0.4, -0.2) is 18.1 Å². The Hall–Kier alpha value is -0.890. The number of benzene rings is 2. The summed E-state index contributed by atoms with van der Waals surface area (Å²) in [6.07, 6.45) is -3.27. The highest BCUT2D eigenvalue weighted by Gasteiger charge is 2.62. The second-order valence-corrected chi connectivity index (χ2v) is 8.21. The van der Waals surface area contributed by atoms with Crippen LogP contribution in [0.5, 0.6) is 0 Å². The smallest absolute Gasteiger partial charge is 0.374 e. The van der Waals surface area contributed by atoms with Crippen molar-refractivity contribution in [3.8, 4) is 0 Å². The second-order valence-electron chi connectivity index (χ2n) is 5.64. The van der Waals surface area contributed by atoms with E-state index >= 15 is 0 Å². The molecular formula is C17H11BrCl2F3NOS. The van der Waals surface area contributed by atoms with Gasteiger partial charge < -0.3 is 4.84 Å². The number of hydrogen-bond donors (Lipinski definition) is 0. The minimum Gasteiger partial charge on any atom is -0.374 e. The predicted octanol–water partition coefficient (Wildman–Crippen LogP) is 7.06. The predicted molar refractivity (Wildman–Crippen MR) is 102 cm³/mol. The monoisotopic (exact) mass is 483 g/mol. The molecule has 26 heavy (non-hydrogen) atoms. The fourth-order valence-electron chi connectivity index (χ4n) is 2.69. The summed E-state index contributed by atoms with van der Waals surface area (Å²) in [7, 11) is 0. The average Bonchev–Trinajstić information content (AvgIpc) is 3.00. The molecule has 2 nitrogen and oxygen atoms in total. The third-order valence-corrected chi connectivity index (χ3v) is 6.15. The summed E-state index contributed by atoms with van der Waals surface area (Å²) < 4.78 is 42.6. The van der Waals surface area contributed by atoms with Crippen LogP contribution in [0.25, 0.3) is 0 Å². The number of alkyl halides is 3. The topological polar surface area (TPSA) is 21.6 Å². The fourth-order valence-corrected chi connectivity index (χ4v) is 4.54. The molecular weight excluding hydrogens is 474 g/mol. The first-order valence-electron chi connectivity index (χ1n) is 7.28. The molecule has 0 amide bonds. The van der Waals surface area contributed by atoms with E-state index in [0.29, 0.717) is 5.56 Å². The van der Waals surface area contributed by atoms with Gasteiger partial charge in [-0.1, -0.05) is 34.4 Å². The van der Waals surface area contributed by atoms with E-state index in [1.54, 1.807) is 12.1 Å². The molecule has 138 valence electrons. The van der Waals surface area contributed by atoms with Crippen LogP contribution in [0.1, 0.15) is 17.5 Å². The van der Waals surface area contributed by atoms with Crippen LogP contribution in [0, 0.1) is 0 Å². The van der Waals surface area contributed by atoms with Gasteiger partial charge in [0, 0.05) is 37.0 Å². The lowest BCUT2D eigenvalue weighted by Crippen LogP contribution is -2.42. The largest absolute Gasteiger partial charge is 0.435 e. The maximum atomic E-state index is 14.0. The maximum absolute atomic E-state index is 14.0. The van der Waals surface area contributed by atoms with Crippen molar-refractivity contribution in [2.24, 2.45) is 5.16 Å². The van der Waals surface area contributed by atoms with Gasteiger partial charge in [0.05, 0.1) is 5.71 Å². The molecule has 0 fully saturated rings. The van der Waals surface area contributed by atoms with E-state index in [4.69, 9.17) is 28.0 Å². The molecule has 0 aliphatic carbocycles. The van der Waals surface area contributed by atoms with Crippen molar-refractivity contribution < 1.29 is 18.0 Å². The number of rotatable bonds is 3. The summed E-state index contributed by atoms with van der Waals surface area (Å²) in [5.74, 6) is 0. The van der Waals surface area contributed by atoms with Gasteiger partial charge in [-0.15, -0.1) is 11.8 Å². The normalized spacial score (nSPS) is 20.0. The first-order chi connectivity index (χ1) is 12.2. The third kappa shape index (κ3) is 3.59. The van der Waals surface area contributed by atoms with E-state index in [-0.39, 0.29) is 21.3 Å². The van der Waals surface area contributed by atoms with Crippen molar-refractivity contribution in [2.45, 2.75) is 23.1 Å². The van der Waals surface area contributed by atoms with Crippen LogP contribution >= 0.6 is 50.9 Å². The molecule has 0 saturated carbocycles. The van der Waals surface area contributed by atoms with Gasteiger partial charge in [0.2, 0.25) is 0 Å². The van der Waals surface area contributed by atoms with Crippen molar-refractivity contribution in [3.63, 3.8) is 0 Å². The zero-order valence-electron chi connectivity index (χ0n) is 13.2. The SMILES string of the molecule is CSc1ccc(C2=NOC(c3cc(Cl)cc(Cl)c3)(C(F)(F)F)C2)cc1Br. The standard InChI is InChI=1S/C17H11BrCl2F3NOS/c1-26-15-3-2-9(4-13(15)18)14-8-16(25-24-14,17(21,22)23)10-5-11(19)7-12(20)6-10/h2-7H,8H2,1H3. The van der Waals surface area contributed by atoms with Gasteiger partial charge in [-0.25, -0.2) is 0 Å². The molecule has 2 aromatic rings. The molecule has 0 aromatic heterocycles. The number of thioether (sulfide) groups is 1. The van der Waals surface area contributed by atoms with Crippen molar-refractivity contribution in [1.82, 2.24) is 0 Å². The molecule has 1 aliphatic heterocycles. The van der Waals surface area contributed by atoms with Crippen LogP contribution in [0.15, 0.2) is 50.9 Å². The van der Waals surface area contributed by atoms with Crippen LogP contribution in [-0.2, 0) is 10.4 Å². The van der Waals surface area contributed by atoms with Crippen LogP contribution in [0.3, 0.4) is 0 Å². The molecule has 0 radical (unpaired) electrons. The summed E-state index contributed by atoms with van der Waals surface area (Å²) in [5, 5.41) is 3.94. The Bertz CT molecular complexity index is 871. The van der Waals surface area contributed by atoms with E-state index < -0.39 is 18.2 Å². The van der Waals surface area contributed by atoms with Crippen LogP contribution in [0.4, 0.5) is 13.2 Å². The lowest BCUT2D eigenvalue weighted by atomic mass is 9.86. The molecule has 0 bridgehead atoms. The number of nitrogens with zero attached hydrogens (tertiary/aromatic N) is 1. The van der Waals surface area contributed by atoms with E-state index in [2.05, 4.69) is 21.1 Å². The van der Waals surface area contributed by atoms with Crippen molar-refractivity contribution in [1.29, 1.82) is 0 Å². The highest BCUT2D eigenvalue weighted by atomic mass is 79.9. The fraction of sp³-hybridized carbons (Fsp3) is 0.235. The highest BCUT2D eigenvalue weighted by molar-refractivity contribution is 9.10. The zero-order valence-corrected chi connectivity index (χ0v) is 17.1. The minimum absolute atomic E-state index is 0.0974. The Labute approximate surface area is 170 Å². The maximum Gasteiger partial charge on any atom is 0.435 e. The van der Waals surface area contributed by atoms with Crippen molar-refractivity contribution in [2.75, 3.05) is 6.26 Å². The van der Waals surface area contributed by atoms with Gasteiger partial charge in [-0.3, -0.25) is 0 Å². The zero-order chi connectivity index (χ0) is 19.1. The number of hydrogen-bond acceptors (Lipinski definition) is 3. The van der Waals surface area contributed by atoms with E-state index in [0.717, 1.165) is 9.37 Å². The molecule has 1 heterocycles. The third-order valence-electron chi connectivity index (χ3n) is 4.00. The van der Waals surface area contributed by atoms with E-state index in [1.807, 2.05) is 12.3 Å². The van der Waals surface area contributed by atoms with Gasteiger partial charge in [-0.2, -0.15) is 13.2 Å². The number of halogens is 6. The summed E-state index contributed by atoms with van der Waals surface area (Å²) in [6, 6.07) is 9.03. The van der Waals surface area contributed by atoms with Crippen LogP contribution < -0.4 is 0 Å². The van der Waals surface area contributed by atoms with Gasteiger partial charge in [0.15, 0.2) is 0 Å². The first kappa shape index (κ1) is 19.9. The van der Waals surface area contributed by atoms with Gasteiger partial charge >= 0.3 is 6.18 Å². The van der Waals surface area contributed by atoms with Crippen molar-refractivity contribution >= 4 is 56.6 Å². The summed E-state index contributed by atoms with van der Waals surface area (Å²) in [4.78, 5) is 5.96. The van der Waals surface area contributed by atoms with Gasteiger partial charge in [-0.05, 0) is 52.5 Å². The van der Waals surface area contributed by atoms with Gasteiger partial charge in [0.25, 0.3) is 5.60 Å². The summed E-state index contributed by atoms with van der Waals surface area (Å²) >= 11 is 16.7. The molecule has 1 aliphatic rings. The molecule has 0 saturated heterocycles. The van der Waals surface area contributed by atoms with Crippen molar-refractivity contribution in [3.05, 3.63) is 62.0 Å². The number of oxime groups is 1. The molecule has 0 N–H and O–H groups in total. The molecule has 2 aromatic carbocycles.